The van der Waals surface area contributed by atoms with Crippen LogP contribution < -0.4 is 14.8 Å². The van der Waals surface area contributed by atoms with Gasteiger partial charge in [0.2, 0.25) is 5.95 Å². The van der Waals surface area contributed by atoms with Crippen LogP contribution in [0.15, 0.2) is 30.9 Å². The van der Waals surface area contributed by atoms with Crippen LogP contribution in [0.1, 0.15) is 12.5 Å². The van der Waals surface area contributed by atoms with Crippen LogP contribution in [0, 0.1) is 0 Å². The van der Waals surface area contributed by atoms with Gasteiger partial charge in [-0.2, -0.15) is 0 Å². The van der Waals surface area contributed by atoms with Gasteiger partial charge < -0.3 is 14.8 Å². The summed E-state index contributed by atoms with van der Waals surface area (Å²) in [5.41, 5.74) is 1.16. The summed E-state index contributed by atoms with van der Waals surface area (Å²) in [5, 5.41) is 3.14. The molecule has 0 radical (unpaired) electrons. The van der Waals surface area contributed by atoms with Crippen LogP contribution in [0.2, 0.25) is 0 Å². The molecule has 0 amide bonds. The number of nitrogens with zero attached hydrogens (tertiary/aromatic N) is 3. The minimum Gasteiger partial charge on any atom is -0.493 e. The Morgan fingerprint density at radius 2 is 1.95 bits per heavy atom. The second-order valence-corrected chi connectivity index (χ2v) is 4.06. The molecule has 20 heavy (non-hydrogen) atoms. The van der Waals surface area contributed by atoms with Gasteiger partial charge in [-0.1, -0.05) is 6.07 Å². The number of anilines is 1. The molecule has 0 saturated carbocycles. The SMILES string of the molecule is CCOc1ccc(CCNc2ncncn2)cc1OC. The van der Waals surface area contributed by atoms with E-state index < -0.39 is 0 Å². The van der Waals surface area contributed by atoms with E-state index in [4.69, 9.17) is 9.47 Å². The van der Waals surface area contributed by atoms with Crippen molar-refractivity contribution < 1.29 is 9.47 Å². The number of nitrogens with one attached hydrogen (secondary N) is 1. The Labute approximate surface area is 118 Å². The van der Waals surface area contributed by atoms with Crippen molar-refractivity contribution in [2.75, 3.05) is 25.6 Å². The predicted molar refractivity (Wildman–Crippen MR) is 76.2 cm³/mol. The number of ether oxygens (including phenoxy) is 2. The van der Waals surface area contributed by atoms with E-state index in [0.29, 0.717) is 12.6 Å². The van der Waals surface area contributed by atoms with Gasteiger partial charge in [0, 0.05) is 6.54 Å². The Bertz CT molecular complexity index is 534. The van der Waals surface area contributed by atoms with E-state index >= 15 is 0 Å². The third-order valence-corrected chi connectivity index (χ3v) is 2.72. The van der Waals surface area contributed by atoms with Gasteiger partial charge in [0.15, 0.2) is 11.5 Å². The van der Waals surface area contributed by atoms with Crippen molar-refractivity contribution >= 4 is 5.95 Å². The summed E-state index contributed by atoms with van der Waals surface area (Å²) in [6.07, 6.45) is 3.78. The fourth-order valence-corrected chi connectivity index (χ4v) is 1.79. The fraction of sp³-hybridized carbons (Fsp3) is 0.357. The van der Waals surface area contributed by atoms with Crippen molar-refractivity contribution in [3.05, 3.63) is 36.4 Å². The van der Waals surface area contributed by atoms with E-state index in [2.05, 4.69) is 20.3 Å². The topological polar surface area (TPSA) is 69.2 Å². The average molecular weight is 274 g/mol. The first-order valence-corrected chi connectivity index (χ1v) is 6.49. The summed E-state index contributed by atoms with van der Waals surface area (Å²) < 4.78 is 10.8. The Balaban J connectivity index is 1.93. The lowest BCUT2D eigenvalue weighted by atomic mass is 10.1. The molecule has 0 saturated heterocycles. The Kier molecular flexibility index (Phi) is 5.11. The van der Waals surface area contributed by atoms with Crippen molar-refractivity contribution in [3.8, 4) is 11.5 Å². The van der Waals surface area contributed by atoms with Crippen LogP contribution in [0.5, 0.6) is 11.5 Å². The average Bonchev–Trinajstić information content (AvgIpc) is 2.50. The summed E-state index contributed by atoms with van der Waals surface area (Å²) in [6, 6.07) is 5.95. The zero-order valence-electron chi connectivity index (χ0n) is 11.7. The van der Waals surface area contributed by atoms with Crippen molar-refractivity contribution in [2.24, 2.45) is 0 Å². The first-order chi connectivity index (χ1) is 9.83. The zero-order chi connectivity index (χ0) is 14.2. The molecule has 0 aliphatic carbocycles. The first kappa shape index (κ1) is 14.0. The summed E-state index contributed by atoms with van der Waals surface area (Å²) >= 11 is 0. The normalized spacial score (nSPS) is 10.1. The minimum absolute atomic E-state index is 0.581. The van der Waals surface area contributed by atoms with Gasteiger partial charge in [0.1, 0.15) is 12.7 Å². The van der Waals surface area contributed by atoms with E-state index in [1.54, 1.807) is 7.11 Å². The molecule has 6 nitrogen and oxygen atoms in total. The van der Waals surface area contributed by atoms with Gasteiger partial charge in [-0.3, -0.25) is 0 Å². The van der Waals surface area contributed by atoms with E-state index in [9.17, 15) is 0 Å². The van der Waals surface area contributed by atoms with Crippen molar-refractivity contribution in [1.29, 1.82) is 0 Å². The molecule has 0 aliphatic rings. The first-order valence-electron chi connectivity index (χ1n) is 6.49. The number of rotatable bonds is 7. The number of hydrogen-bond donors (Lipinski definition) is 1. The summed E-state index contributed by atoms with van der Waals surface area (Å²) in [4.78, 5) is 11.8. The lowest BCUT2D eigenvalue weighted by Crippen LogP contribution is -2.08. The molecule has 2 rings (SSSR count). The molecule has 0 atom stereocenters. The van der Waals surface area contributed by atoms with Gasteiger partial charge in [0.25, 0.3) is 0 Å². The van der Waals surface area contributed by atoms with Crippen LogP contribution in [0.3, 0.4) is 0 Å². The minimum atomic E-state index is 0.581. The molecule has 1 heterocycles. The molecule has 0 unspecified atom stereocenters. The molecular formula is C14H18N4O2. The molecule has 0 fully saturated rings. The number of benzene rings is 1. The van der Waals surface area contributed by atoms with Crippen LogP contribution in [0.25, 0.3) is 0 Å². The van der Waals surface area contributed by atoms with Gasteiger partial charge >= 0.3 is 0 Å². The second kappa shape index (κ2) is 7.28. The highest BCUT2D eigenvalue weighted by Gasteiger charge is 2.05. The number of hydrogen-bond acceptors (Lipinski definition) is 6. The summed E-state index contributed by atoms with van der Waals surface area (Å²) in [7, 11) is 1.64. The van der Waals surface area contributed by atoms with Gasteiger partial charge in [-0.25, -0.2) is 15.0 Å². The van der Waals surface area contributed by atoms with Crippen molar-refractivity contribution in [2.45, 2.75) is 13.3 Å². The predicted octanol–water partition coefficient (Wildman–Crippen LogP) is 1.93. The fourth-order valence-electron chi connectivity index (χ4n) is 1.79. The quantitative estimate of drug-likeness (QED) is 0.832. The van der Waals surface area contributed by atoms with Crippen LogP contribution in [-0.4, -0.2) is 35.2 Å². The molecule has 0 spiro atoms. The maximum absolute atomic E-state index is 5.49. The van der Waals surface area contributed by atoms with Crippen LogP contribution in [0.4, 0.5) is 5.95 Å². The van der Waals surface area contributed by atoms with E-state index in [-0.39, 0.29) is 0 Å². The van der Waals surface area contributed by atoms with Gasteiger partial charge in [-0.15, -0.1) is 0 Å². The summed E-state index contributed by atoms with van der Waals surface area (Å²) in [5.74, 6) is 2.10. The Hall–Kier alpha value is -2.37. The third kappa shape index (κ3) is 3.81. The van der Waals surface area contributed by atoms with Crippen molar-refractivity contribution in [3.63, 3.8) is 0 Å². The molecule has 2 aromatic rings. The number of methoxy groups -OCH3 is 1. The Morgan fingerprint density at radius 1 is 1.15 bits per heavy atom. The lowest BCUT2D eigenvalue weighted by Gasteiger charge is -2.11. The van der Waals surface area contributed by atoms with Crippen LogP contribution in [-0.2, 0) is 6.42 Å². The van der Waals surface area contributed by atoms with E-state index in [1.807, 2.05) is 25.1 Å². The van der Waals surface area contributed by atoms with Crippen molar-refractivity contribution in [1.82, 2.24) is 15.0 Å². The lowest BCUT2D eigenvalue weighted by molar-refractivity contribution is 0.310. The summed E-state index contributed by atoms with van der Waals surface area (Å²) in [6.45, 7) is 3.31. The second-order valence-electron chi connectivity index (χ2n) is 4.06. The third-order valence-electron chi connectivity index (χ3n) is 2.72. The largest absolute Gasteiger partial charge is 0.493 e. The standard InChI is InChI=1S/C14H18N4O2/c1-3-20-12-5-4-11(8-13(12)19-2)6-7-16-14-17-9-15-10-18-14/h4-5,8-10H,3,6-7H2,1-2H3,(H,15,16,17,18). The molecule has 1 aromatic carbocycles. The number of aromatic nitrogens is 3. The monoisotopic (exact) mass is 274 g/mol. The molecule has 1 N–H and O–H groups in total. The van der Waals surface area contributed by atoms with Gasteiger partial charge in [-0.05, 0) is 31.0 Å². The highest BCUT2D eigenvalue weighted by atomic mass is 16.5. The molecule has 0 aliphatic heterocycles. The highest BCUT2D eigenvalue weighted by Crippen LogP contribution is 2.28. The zero-order valence-corrected chi connectivity index (χ0v) is 11.7. The molecule has 0 bridgehead atoms. The molecule has 106 valence electrons. The highest BCUT2D eigenvalue weighted by molar-refractivity contribution is 5.43. The van der Waals surface area contributed by atoms with E-state index in [0.717, 1.165) is 30.0 Å². The van der Waals surface area contributed by atoms with Crippen LogP contribution >= 0.6 is 0 Å². The molecule has 1 aromatic heterocycles. The van der Waals surface area contributed by atoms with E-state index in [1.165, 1.54) is 12.7 Å². The maximum Gasteiger partial charge on any atom is 0.225 e. The maximum atomic E-state index is 5.49. The Morgan fingerprint density at radius 3 is 2.65 bits per heavy atom. The van der Waals surface area contributed by atoms with Gasteiger partial charge in [0.05, 0.1) is 13.7 Å². The molecule has 6 heteroatoms. The smallest absolute Gasteiger partial charge is 0.225 e. The molecular weight excluding hydrogens is 256 g/mol.